The number of rotatable bonds is 4. The number of fused-ring (bicyclic) bond motifs is 2. The molecule has 2 heterocycles. The third kappa shape index (κ3) is 5.89. The second-order valence-corrected chi connectivity index (χ2v) is 9.93. The Hall–Kier alpha value is -3.16. The van der Waals surface area contributed by atoms with Crippen molar-refractivity contribution >= 4 is 21.5 Å². The summed E-state index contributed by atoms with van der Waals surface area (Å²) < 4.78 is 0. The molecule has 0 fully saturated rings. The molecule has 0 aliphatic heterocycles. The Labute approximate surface area is 239 Å². The van der Waals surface area contributed by atoms with E-state index in [4.69, 9.17) is 0 Å². The average molecular weight is 560 g/mol. The van der Waals surface area contributed by atoms with Crippen LogP contribution >= 0.6 is 0 Å². The fourth-order valence-corrected chi connectivity index (χ4v) is 4.89. The molecule has 0 bridgehead atoms. The van der Waals surface area contributed by atoms with Crippen molar-refractivity contribution in [1.29, 1.82) is 0 Å². The van der Waals surface area contributed by atoms with Crippen LogP contribution in [0.2, 0.25) is 0 Å². The summed E-state index contributed by atoms with van der Waals surface area (Å²) in [4.78, 5) is 8.84. The van der Waals surface area contributed by atoms with E-state index >= 15 is 0 Å². The van der Waals surface area contributed by atoms with Gasteiger partial charge >= 0.3 is 26.2 Å². The van der Waals surface area contributed by atoms with Gasteiger partial charge in [-0.15, -0.1) is 69.1 Å². The zero-order chi connectivity index (χ0) is 25.1. The summed E-state index contributed by atoms with van der Waals surface area (Å²) in [6.45, 7) is 8.95. The minimum atomic E-state index is 0. The molecule has 0 N–H and O–H groups in total. The Balaban J connectivity index is 0.000000168. The first kappa shape index (κ1) is 26.9. The summed E-state index contributed by atoms with van der Waals surface area (Å²) in [5, 5.41) is 5.32. The van der Waals surface area contributed by atoms with Crippen LogP contribution < -0.4 is 0 Å². The predicted molar refractivity (Wildman–Crippen MR) is 154 cm³/mol. The van der Waals surface area contributed by atoms with Crippen LogP contribution in [-0.4, -0.2) is 9.97 Å². The van der Waals surface area contributed by atoms with Crippen molar-refractivity contribution in [2.75, 3.05) is 0 Å². The van der Waals surface area contributed by atoms with E-state index in [1.54, 1.807) is 0 Å². The van der Waals surface area contributed by atoms with E-state index in [0.717, 1.165) is 11.4 Å². The van der Waals surface area contributed by atoms with Crippen LogP contribution in [-0.2, 0) is 26.2 Å². The number of aromatic nitrogens is 2. The molecule has 0 saturated heterocycles. The third-order valence-electron chi connectivity index (χ3n) is 6.73. The molecule has 0 amide bonds. The number of benzene rings is 2. The van der Waals surface area contributed by atoms with Crippen molar-refractivity contribution in [3.8, 4) is 22.5 Å². The van der Waals surface area contributed by atoms with Crippen molar-refractivity contribution in [3.63, 3.8) is 0 Å². The maximum atomic E-state index is 4.42. The molecule has 0 aliphatic rings. The zero-order valence-corrected chi connectivity index (χ0v) is 24.4. The molecule has 2 nitrogen and oxygen atoms in total. The quantitative estimate of drug-likeness (QED) is 0.201. The molecule has 0 aliphatic carbocycles. The average Bonchev–Trinajstić information content (AvgIpc) is 3.54. The normalized spacial score (nSPS) is 11.0. The van der Waals surface area contributed by atoms with Gasteiger partial charge in [0.25, 0.3) is 0 Å². The van der Waals surface area contributed by atoms with Crippen LogP contribution in [0.5, 0.6) is 0 Å². The van der Waals surface area contributed by atoms with Gasteiger partial charge in [-0.05, 0) is 24.0 Å². The van der Waals surface area contributed by atoms with Crippen LogP contribution in [0.3, 0.4) is 0 Å². The van der Waals surface area contributed by atoms with E-state index in [9.17, 15) is 0 Å². The van der Waals surface area contributed by atoms with Gasteiger partial charge in [0.15, 0.2) is 0 Å². The van der Waals surface area contributed by atoms with Crippen molar-refractivity contribution in [1.82, 2.24) is 9.97 Å². The van der Waals surface area contributed by atoms with Crippen molar-refractivity contribution in [2.45, 2.75) is 39.5 Å². The number of nitrogens with zero attached hydrogens (tertiary/aromatic N) is 2. The van der Waals surface area contributed by atoms with Crippen LogP contribution in [0.1, 0.15) is 50.7 Å². The fraction of sp³-hybridized carbons (Fsp3) is 0.176. The van der Waals surface area contributed by atoms with Gasteiger partial charge in [0.05, 0.1) is 0 Å². The molecule has 6 aromatic rings. The molecule has 0 saturated carbocycles. The Kier molecular flexibility index (Phi) is 8.67. The Morgan fingerprint density at radius 1 is 0.541 bits per heavy atom. The minimum absolute atomic E-state index is 0. The van der Waals surface area contributed by atoms with E-state index in [1.807, 2.05) is 36.7 Å². The molecular weight excluding hydrogens is 528 g/mol. The molecule has 3 heteroatoms. The predicted octanol–water partition coefficient (Wildman–Crippen LogP) is 9.49. The number of pyridine rings is 2. The van der Waals surface area contributed by atoms with E-state index in [0.29, 0.717) is 11.8 Å². The van der Waals surface area contributed by atoms with Crippen molar-refractivity contribution < 1.29 is 26.2 Å². The van der Waals surface area contributed by atoms with Gasteiger partial charge in [-0.3, -0.25) is 9.97 Å². The SMILES string of the molecule is CC(C)c1cccc2[cH-]c(-c3ccccn3)cc12.CC(C)c1cccc2[cH-]c(-c3ccccn3)cc12.[Zr+2]. The summed E-state index contributed by atoms with van der Waals surface area (Å²) in [5.74, 6) is 1.10. The van der Waals surface area contributed by atoms with Crippen molar-refractivity contribution in [3.05, 3.63) is 121 Å². The van der Waals surface area contributed by atoms with Crippen LogP contribution in [0.25, 0.3) is 44.1 Å². The molecule has 182 valence electrons. The minimum Gasteiger partial charge on any atom is -0.295 e. The van der Waals surface area contributed by atoms with Crippen molar-refractivity contribution in [2.24, 2.45) is 0 Å². The fourth-order valence-electron chi connectivity index (χ4n) is 4.89. The maximum Gasteiger partial charge on any atom is 2.00 e. The Bertz CT molecular complexity index is 1450. The first-order chi connectivity index (χ1) is 17.5. The summed E-state index contributed by atoms with van der Waals surface area (Å²) in [6.07, 6.45) is 3.69. The first-order valence-electron chi connectivity index (χ1n) is 12.7. The molecule has 6 rings (SSSR count). The summed E-state index contributed by atoms with van der Waals surface area (Å²) >= 11 is 0. The van der Waals surface area contributed by atoms with Gasteiger partial charge in [-0.25, -0.2) is 0 Å². The van der Waals surface area contributed by atoms with E-state index in [-0.39, 0.29) is 26.2 Å². The first-order valence-corrected chi connectivity index (χ1v) is 12.7. The smallest absolute Gasteiger partial charge is 0.295 e. The molecule has 37 heavy (non-hydrogen) atoms. The maximum absolute atomic E-state index is 4.42. The van der Waals surface area contributed by atoms with Crippen LogP contribution in [0, 0.1) is 0 Å². The topological polar surface area (TPSA) is 25.8 Å². The summed E-state index contributed by atoms with van der Waals surface area (Å²) in [5.41, 5.74) is 7.33. The summed E-state index contributed by atoms with van der Waals surface area (Å²) in [6, 6.07) is 34.1. The standard InChI is InChI=1S/2C17H16N.Zr/c2*1-12(2)15-7-5-6-13-10-14(11-16(13)15)17-8-3-4-9-18-17;/h2*3-12H,1-2H3;/q2*-1;+2. The second kappa shape index (κ2) is 11.9. The third-order valence-corrected chi connectivity index (χ3v) is 6.73. The number of hydrogen-bond acceptors (Lipinski definition) is 2. The van der Waals surface area contributed by atoms with E-state index in [1.165, 1.54) is 43.8 Å². The van der Waals surface area contributed by atoms with Crippen LogP contribution in [0.15, 0.2) is 109 Å². The van der Waals surface area contributed by atoms with Gasteiger partial charge in [-0.2, -0.15) is 0 Å². The molecule has 0 atom stereocenters. The monoisotopic (exact) mass is 558 g/mol. The zero-order valence-electron chi connectivity index (χ0n) is 21.9. The number of hydrogen-bond donors (Lipinski definition) is 0. The molecule has 0 unspecified atom stereocenters. The van der Waals surface area contributed by atoms with Gasteiger partial charge in [0.1, 0.15) is 0 Å². The molecule has 0 radical (unpaired) electrons. The molecular formula is C34H32N2Zr. The molecule has 4 aromatic carbocycles. The van der Waals surface area contributed by atoms with Gasteiger partial charge in [0, 0.05) is 23.8 Å². The molecule has 0 spiro atoms. The van der Waals surface area contributed by atoms with Gasteiger partial charge in [0.2, 0.25) is 0 Å². The Morgan fingerprint density at radius 3 is 1.32 bits per heavy atom. The van der Waals surface area contributed by atoms with E-state index < -0.39 is 0 Å². The Morgan fingerprint density at radius 2 is 0.973 bits per heavy atom. The molecule has 2 aromatic heterocycles. The van der Waals surface area contributed by atoms with Gasteiger partial charge < -0.3 is 0 Å². The van der Waals surface area contributed by atoms with Crippen LogP contribution in [0.4, 0.5) is 0 Å². The summed E-state index contributed by atoms with van der Waals surface area (Å²) in [7, 11) is 0. The second-order valence-electron chi connectivity index (χ2n) is 9.93. The largest absolute Gasteiger partial charge is 2.00 e. The van der Waals surface area contributed by atoms with E-state index in [2.05, 4.69) is 110 Å². The van der Waals surface area contributed by atoms with Gasteiger partial charge in [-0.1, -0.05) is 87.4 Å².